The predicted octanol–water partition coefficient (Wildman–Crippen LogP) is 2.29. The number of aliphatic hydroxyl groups excluding tert-OH is 1. The molecule has 2 unspecified atom stereocenters. The molecule has 1 amide bonds. The monoisotopic (exact) mass is 321 g/mol. The van der Waals surface area contributed by atoms with Gasteiger partial charge in [-0.25, -0.2) is 8.78 Å². The molecule has 0 spiro atoms. The first-order valence-corrected chi connectivity index (χ1v) is 8.26. The highest BCUT2D eigenvalue weighted by Gasteiger charge is 2.17. The largest absolute Gasteiger partial charge is 0.395 e. The molecule has 0 aliphatic rings. The van der Waals surface area contributed by atoms with Gasteiger partial charge in [-0.3, -0.25) is 4.79 Å². The summed E-state index contributed by atoms with van der Waals surface area (Å²) in [6, 6.07) is 3.07. The second kappa shape index (κ2) is 8.49. The number of carbonyl (C=O) groups is 1. The normalized spacial score (nSPS) is 13.8. The highest BCUT2D eigenvalue weighted by Crippen LogP contribution is 2.22. The molecule has 2 N–H and O–H groups in total. The van der Waals surface area contributed by atoms with Crippen LogP contribution in [0.1, 0.15) is 6.92 Å². The van der Waals surface area contributed by atoms with Crippen LogP contribution in [-0.2, 0) is 4.79 Å². The Morgan fingerprint density at radius 2 is 2.15 bits per heavy atom. The number of carbonyl (C=O) groups excluding carboxylic acids is 1. The first kappa shape index (κ1) is 17.3. The second-order valence-electron chi connectivity index (χ2n) is 4.18. The Kier molecular flexibility index (Phi) is 7.32. The van der Waals surface area contributed by atoms with Crippen molar-refractivity contribution in [1.82, 2.24) is 5.32 Å². The van der Waals surface area contributed by atoms with Gasteiger partial charge in [-0.15, -0.1) is 11.8 Å². The molecule has 20 heavy (non-hydrogen) atoms. The maximum Gasteiger partial charge on any atom is 0.230 e. The molecule has 0 saturated carbocycles. The fourth-order valence-electron chi connectivity index (χ4n) is 1.56. The summed E-state index contributed by atoms with van der Waals surface area (Å²) in [6.07, 6.45) is 1.85. The molecule has 3 nitrogen and oxygen atoms in total. The molecule has 0 aliphatic heterocycles. The van der Waals surface area contributed by atoms with Crippen LogP contribution in [0, 0.1) is 11.6 Å². The fraction of sp³-hybridized carbons (Fsp3) is 0.462. The number of hydrogen-bond acceptors (Lipinski definition) is 4. The highest BCUT2D eigenvalue weighted by molar-refractivity contribution is 8.00. The lowest BCUT2D eigenvalue weighted by atomic mass is 10.2. The summed E-state index contributed by atoms with van der Waals surface area (Å²) < 4.78 is 26.1. The van der Waals surface area contributed by atoms with E-state index in [2.05, 4.69) is 5.32 Å². The van der Waals surface area contributed by atoms with E-state index in [1.165, 1.54) is 17.8 Å². The van der Waals surface area contributed by atoms with E-state index in [9.17, 15) is 13.6 Å². The number of benzene rings is 1. The van der Waals surface area contributed by atoms with Crippen LogP contribution in [-0.4, -0.2) is 40.9 Å². The predicted molar refractivity (Wildman–Crippen MR) is 79.1 cm³/mol. The van der Waals surface area contributed by atoms with E-state index in [0.717, 1.165) is 23.9 Å². The topological polar surface area (TPSA) is 49.3 Å². The molecule has 0 heterocycles. The van der Waals surface area contributed by atoms with Gasteiger partial charge in [0.15, 0.2) is 0 Å². The summed E-state index contributed by atoms with van der Waals surface area (Å²) in [7, 11) is 0. The van der Waals surface area contributed by atoms with Crippen molar-refractivity contribution in [2.24, 2.45) is 0 Å². The van der Waals surface area contributed by atoms with Gasteiger partial charge in [-0.1, -0.05) is 0 Å². The van der Waals surface area contributed by atoms with Crippen molar-refractivity contribution in [2.75, 3.05) is 18.6 Å². The van der Waals surface area contributed by atoms with Gasteiger partial charge >= 0.3 is 0 Å². The lowest BCUT2D eigenvalue weighted by molar-refractivity contribution is -0.119. The molecule has 1 rings (SSSR count). The second-order valence-corrected chi connectivity index (χ2v) is 6.27. The summed E-state index contributed by atoms with van der Waals surface area (Å²) >= 11 is 2.48. The molecule has 0 fully saturated rings. The van der Waals surface area contributed by atoms with Gasteiger partial charge in [0.1, 0.15) is 11.6 Å². The van der Waals surface area contributed by atoms with Crippen LogP contribution in [0.4, 0.5) is 8.78 Å². The minimum atomic E-state index is -0.673. The third-order valence-electron chi connectivity index (χ3n) is 2.68. The number of thioether (sulfide) groups is 2. The van der Waals surface area contributed by atoms with E-state index in [4.69, 9.17) is 5.11 Å². The zero-order valence-electron chi connectivity index (χ0n) is 11.2. The molecule has 112 valence electrons. The van der Waals surface area contributed by atoms with Gasteiger partial charge in [0.05, 0.1) is 12.4 Å². The van der Waals surface area contributed by atoms with Gasteiger partial charge in [0, 0.05) is 22.3 Å². The average Bonchev–Trinajstić information content (AvgIpc) is 2.39. The van der Waals surface area contributed by atoms with Gasteiger partial charge in [0.25, 0.3) is 0 Å². The Morgan fingerprint density at radius 1 is 1.45 bits per heavy atom. The molecule has 0 aromatic heterocycles. The lowest BCUT2D eigenvalue weighted by Crippen LogP contribution is -2.42. The standard InChI is InChI=1S/C13H17F2NO2S2/c1-8(12(6-17)19-2)16-13(18)7-20-11-4-3-9(14)5-10(11)15/h3-5,8,12,17H,6-7H2,1-2H3,(H,16,18). The third kappa shape index (κ3) is 5.30. The number of halogens is 2. The van der Waals surface area contributed by atoms with Crippen LogP contribution >= 0.6 is 23.5 Å². The Bertz CT molecular complexity index is 456. The van der Waals surface area contributed by atoms with Crippen LogP contribution in [0.25, 0.3) is 0 Å². The van der Waals surface area contributed by atoms with Crippen molar-refractivity contribution in [1.29, 1.82) is 0 Å². The summed E-state index contributed by atoms with van der Waals surface area (Å²) in [5.41, 5.74) is 0. The quantitative estimate of drug-likeness (QED) is 0.757. The zero-order chi connectivity index (χ0) is 15.1. The number of rotatable bonds is 7. The minimum absolute atomic E-state index is 0.0254. The minimum Gasteiger partial charge on any atom is -0.395 e. The first-order valence-electron chi connectivity index (χ1n) is 5.98. The summed E-state index contributed by atoms with van der Waals surface area (Å²) in [5.74, 6) is -1.53. The van der Waals surface area contributed by atoms with E-state index in [-0.39, 0.29) is 34.5 Å². The van der Waals surface area contributed by atoms with E-state index in [1.54, 1.807) is 6.92 Å². The SMILES string of the molecule is CSC(CO)C(C)NC(=O)CSc1ccc(F)cc1F. The van der Waals surface area contributed by atoms with Crippen molar-refractivity contribution in [2.45, 2.75) is 23.1 Å². The van der Waals surface area contributed by atoms with Crippen LogP contribution < -0.4 is 5.32 Å². The molecule has 1 aromatic carbocycles. The Labute approximate surface area is 125 Å². The van der Waals surface area contributed by atoms with Gasteiger partial charge in [-0.05, 0) is 25.3 Å². The number of nitrogens with one attached hydrogen (secondary N) is 1. The van der Waals surface area contributed by atoms with Gasteiger partial charge < -0.3 is 10.4 Å². The van der Waals surface area contributed by atoms with Gasteiger partial charge in [-0.2, -0.15) is 11.8 Å². The van der Waals surface area contributed by atoms with Crippen molar-refractivity contribution >= 4 is 29.4 Å². The van der Waals surface area contributed by atoms with Crippen molar-refractivity contribution in [3.8, 4) is 0 Å². The molecule has 0 radical (unpaired) electrons. The average molecular weight is 321 g/mol. The number of amides is 1. The van der Waals surface area contributed by atoms with Crippen LogP contribution in [0.5, 0.6) is 0 Å². The van der Waals surface area contributed by atoms with Crippen LogP contribution in [0.2, 0.25) is 0 Å². The molecule has 0 aliphatic carbocycles. The third-order valence-corrected chi connectivity index (χ3v) is 4.89. The molecule has 0 saturated heterocycles. The van der Waals surface area contributed by atoms with Gasteiger partial charge in [0.2, 0.25) is 5.91 Å². The zero-order valence-corrected chi connectivity index (χ0v) is 12.9. The Hall–Kier alpha value is -0.790. The smallest absolute Gasteiger partial charge is 0.230 e. The molecular weight excluding hydrogens is 304 g/mol. The highest BCUT2D eigenvalue weighted by atomic mass is 32.2. The molecule has 2 atom stereocenters. The van der Waals surface area contributed by atoms with E-state index < -0.39 is 11.6 Å². The maximum atomic E-state index is 13.4. The molecule has 7 heteroatoms. The maximum absolute atomic E-state index is 13.4. The van der Waals surface area contributed by atoms with E-state index >= 15 is 0 Å². The van der Waals surface area contributed by atoms with Crippen LogP contribution in [0.3, 0.4) is 0 Å². The lowest BCUT2D eigenvalue weighted by Gasteiger charge is -2.21. The van der Waals surface area contributed by atoms with Crippen molar-refractivity contribution in [3.63, 3.8) is 0 Å². The summed E-state index contributed by atoms with van der Waals surface area (Å²) in [5, 5.41) is 11.8. The Morgan fingerprint density at radius 3 is 2.70 bits per heavy atom. The molecule has 1 aromatic rings. The Balaban J connectivity index is 2.47. The first-order chi connectivity index (χ1) is 9.47. The number of aliphatic hydroxyl groups is 1. The molecule has 0 bridgehead atoms. The van der Waals surface area contributed by atoms with E-state index in [1.807, 2.05) is 6.26 Å². The molecular formula is C13H17F2NO2S2. The fourth-order valence-corrected chi connectivity index (χ4v) is 2.92. The van der Waals surface area contributed by atoms with E-state index in [0.29, 0.717) is 0 Å². The summed E-state index contributed by atoms with van der Waals surface area (Å²) in [6.45, 7) is 1.78. The van der Waals surface area contributed by atoms with Crippen LogP contribution in [0.15, 0.2) is 23.1 Å². The van der Waals surface area contributed by atoms with Crippen molar-refractivity contribution in [3.05, 3.63) is 29.8 Å². The van der Waals surface area contributed by atoms with Crippen molar-refractivity contribution < 1.29 is 18.7 Å². The summed E-state index contributed by atoms with van der Waals surface area (Å²) in [4.78, 5) is 12.0. The number of hydrogen-bond donors (Lipinski definition) is 2.